The van der Waals surface area contributed by atoms with Gasteiger partial charge < -0.3 is 10.1 Å². The van der Waals surface area contributed by atoms with Crippen molar-refractivity contribution in [2.24, 2.45) is 0 Å². The van der Waals surface area contributed by atoms with E-state index in [0.29, 0.717) is 16.8 Å². The van der Waals surface area contributed by atoms with Crippen LogP contribution in [0, 0.1) is 5.82 Å². The molecule has 0 unspecified atom stereocenters. The second-order valence-electron chi connectivity index (χ2n) is 7.00. The lowest BCUT2D eigenvalue weighted by Crippen LogP contribution is -2.27. The molecule has 6 nitrogen and oxygen atoms in total. The largest absolute Gasteiger partial charge is 0.494 e. The summed E-state index contributed by atoms with van der Waals surface area (Å²) in [5.41, 5.74) is 3.10. The number of carbonyl (C=O) groups is 1. The van der Waals surface area contributed by atoms with Crippen LogP contribution in [0.15, 0.2) is 79.3 Å². The van der Waals surface area contributed by atoms with Crippen molar-refractivity contribution >= 4 is 5.91 Å². The molecule has 0 bridgehead atoms. The average molecular weight is 416 g/mol. The highest BCUT2D eigenvalue weighted by atomic mass is 19.1. The molecule has 0 spiro atoms. The van der Waals surface area contributed by atoms with E-state index in [-0.39, 0.29) is 11.7 Å². The fourth-order valence-electron chi connectivity index (χ4n) is 3.28. The van der Waals surface area contributed by atoms with E-state index in [0.717, 1.165) is 11.3 Å². The topological polar surface area (TPSA) is 69.0 Å². The molecule has 1 amide bonds. The van der Waals surface area contributed by atoms with Crippen molar-refractivity contribution < 1.29 is 13.9 Å². The van der Waals surface area contributed by atoms with E-state index in [1.165, 1.54) is 13.2 Å². The van der Waals surface area contributed by atoms with Crippen LogP contribution in [0.5, 0.6) is 5.75 Å². The van der Waals surface area contributed by atoms with E-state index >= 15 is 0 Å². The van der Waals surface area contributed by atoms with Gasteiger partial charge in [-0.05, 0) is 48.9 Å². The first-order valence-corrected chi connectivity index (χ1v) is 9.76. The molecule has 1 atom stereocenters. The highest BCUT2D eigenvalue weighted by Crippen LogP contribution is 2.25. The van der Waals surface area contributed by atoms with Gasteiger partial charge >= 0.3 is 0 Å². The van der Waals surface area contributed by atoms with Gasteiger partial charge in [-0.1, -0.05) is 24.3 Å². The van der Waals surface area contributed by atoms with Crippen molar-refractivity contribution in [3.8, 4) is 22.7 Å². The van der Waals surface area contributed by atoms with E-state index in [9.17, 15) is 9.18 Å². The lowest BCUT2D eigenvalue weighted by molar-refractivity contribution is 0.0940. The van der Waals surface area contributed by atoms with Crippen LogP contribution in [0.25, 0.3) is 16.9 Å². The van der Waals surface area contributed by atoms with Crippen LogP contribution in [0.3, 0.4) is 0 Å². The van der Waals surface area contributed by atoms with Crippen LogP contribution in [-0.4, -0.2) is 27.8 Å². The first-order chi connectivity index (χ1) is 15.1. The summed E-state index contributed by atoms with van der Waals surface area (Å²) in [6, 6.07) is 17.4. The third-order valence-corrected chi connectivity index (χ3v) is 4.94. The second kappa shape index (κ2) is 8.79. The Kier molecular flexibility index (Phi) is 5.75. The number of rotatable bonds is 6. The first-order valence-electron chi connectivity index (χ1n) is 9.76. The Labute approximate surface area is 179 Å². The molecular formula is C24H21FN4O2. The van der Waals surface area contributed by atoms with Crippen molar-refractivity contribution in [3.05, 3.63) is 96.2 Å². The van der Waals surface area contributed by atoms with Gasteiger partial charge in [-0.25, -0.2) is 9.07 Å². The Morgan fingerprint density at radius 3 is 2.61 bits per heavy atom. The van der Waals surface area contributed by atoms with Gasteiger partial charge in [0.2, 0.25) is 0 Å². The van der Waals surface area contributed by atoms with Gasteiger partial charge in [-0.2, -0.15) is 5.10 Å². The van der Waals surface area contributed by atoms with Crippen molar-refractivity contribution in [2.75, 3.05) is 7.11 Å². The molecule has 0 saturated heterocycles. The third kappa shape index (κ3) is 4.30. The molecule has 2 heterocycles. The van der Waals surface area contributed by atoms with Crippen LogP contribution in [-0.2, 0) is 0 Å². The van der Waals surface area contributed by atoms with Crippen LogP contribution in [0.1, 0.15) is 28.9 Å². The molecule has 0 aliphatic rings. The molecular weight excluding hydrogens is 395 g/mol. The summed E-state index contributed by atoms with van der Waals surface area (Å²) in [6.07, 6.45) is 5.02. The predicted molar refractivity (Wildman–Crippen MR) is 116 cm³/mol. The lowest BCUT2D eigenvalue weighted by atomic mass is 10.1. The fourth-order valence-corrected chi connectivity index (χ4v) is 3.28. The number of hydrogen-bond acceptors (Lipinski definition) is 4. The van der Waals surface area contributed by atoms with Gasteiger partial charge in [0.05, 0.1) is 24.4 Å². The summed E-state index contributed by atoms with van der Waals surface area (Å²) >= 11 is 0. The van der Waals surface area contributed by atoms with Crippen LogP contribution < -0.4 is 10.1 Å². The number of amides is 1. The summed E-state index contributed by atoms with van der Waals surface area (Å²) in [7, 11) is 1.41. The summed E-state index contributed by atoms with van der Waals surface area (Å²) in [5.74, 6) is -0.635. The number of pyridine rings is 1. The number of para-hydroxylation sites is 1. The Balaban J connectivity index is 1.66. The summed E-state index contributed by atoms with van der Waals surface area (Å²) in [5, 5.41) is 7.56. The van der Waals surface area contributed by atoms with E-state index in [1.807, 2.05) is 36.4 Å². The zero-order valence-corrected chi connectivity index (χ0v) is 17.1. The van der Waals surface area contributed by atoms with Crippen LogP contribution in [0.2, 0.25) is 0 Å². The zero-order chi connectivity index (χ0) is 21.8. The number of carbonyl (C=O) groups excluding carboxylic acids is 1. The molecule has 4 rings (SSSR count). The number of aromatic nitrogens is 3. The molecule has 0 saturated carbocycles. The Morgan fingerprint density at radius 1 is 1.13 bits per heavy atom. The molecule has 1 N–H and O–H groups in total. The van der Waals surface area contributed by atoms with E-state index in [1.54, 1.807) is 48.4 Å². The molecule has 0 fully saturated rings. The summed E-state index contributed by atoms with van der Waals surface area (Å²) in [6.45, 7) is 1.80. The van der Waals surface area contributed by atoms with Crippen LogP contribution >= 0.6 is 0 Å². The maximum absolute atomic E-state index is 14.1. The minimum atomic E-state index is -0.478. The Morgan fingerprint density at radius 2 is 1.94 bits per heavy atom. The number of nitrogens with zero attached hydrogens (tertiary/aromatic N) is 3. The van der Waals surface area contributed by atoms with E-state index < -0.39 is 11.9 Å². The molecule has 7 heteroatoms. The summed E-state index contributed by atoms with van der Waals surface area (Å²) in [4.78, 5) is 17.3. The molecule has 2 aromatic heterocycles. The number of methoxy groups -OCH3 is 1. The molecule has 0 aliphatic heterocycles. The van der Waals surface area contributed by atoms with E-state index in [4.69, 9.17) is 4.74 Å². The maximum Gasteiger partial charge on any atom is 0.255 e. The molecule has 2 aromatic carbocycles. The average Bonchev–Trinajstić information content (AvgIpc) is 3.26. The van der Waals surface area contributed by atoms with E-state index in [2.05, 4.69) is 15.4 Å². The predicted octanol–water partition coefficient (Wildman–Crippen LogP) is 4.57. The molecule has 4 aromatic rings. The van der Waals surface area contributed by atoms with Gasteiger partial charge in [-0.3, -0.25) is 9.78 Å². The number of ether oxygens (including phenoxy) is 1. The van der Waals surface area contributed by atoms with Gasteiger partial charge in [0.15, 0.2) is 11.6 Å². The Hall–Kier alpha value is -4.00. The van der Waals surface area contributed by atoms with Gasteiger partial charge in [0.25, 0.3) is 5.91 Å². The molecule has 0 radical (unpaired) electrons. The first kappa shape index (κ1) is 20.3. The molecule has 0 aliphatic carbocycles. The highest BCUT2D eigenvalue weighted by Gasteiger charge is 2.21. The number of benzene rings is 2. The fraction of sp³-hybridized carbons (Fsp3) is 0.125. The smallest absolute Gasteiger partial charge is 0.255 e. The zero-order valence-electron chi connectivity index (χ0n) is 17.1. The quantitative estimate of drug-likeness (QED) is 0.500. The lowest BCUT2D eigenvalue weighted by Gasteiger charge is -2.15. The number of halogens is 1. The highest BCUT2D eigenvalue weighted by molar-refractivity contribution is 6.00. The van der Waals surface area contributed by atoms with Gasteiger partial charge in [0.1, 0.15) is 5.69 Å². The minimum Gasteiger partial charge on any atom is -0.494 e. The Bertz CT molecular complexity index is 1190. The summed E-state index contributed by atoms with van der Waals surface area (Å²) < 4.78 is 20.7. The minimum absolute atomic E-state index is 0.158. The van der Waals surface area contributed by atoms with Crippen LogP contribution in [0.4, 0.5) is 4.39 Å². The second-order valence-corrected chi connectivity index (χ2v) is 7.00. The van der Waals surface area contributed by atoms with Crippen molar-refractivity contribution in [1.29, 1.82) is 0 Å². The van der Waals surface area contributed by atoms with Gasteiger partial charge in [0, 0.05) is 24.2 Å². The third-order valence-electron chi connectivity index (χ3n) is 4.94. The maximum atomic E-state index is 14.1. The monoisotopic (exact) mass is 416 g/mol. The van der Waals surface area contributed by atoms with Crippen molar-refractivity contribution in [1.82, 2.24) is 20.1 Å². The molecule has 31 heavy (non-hydrogen) atoms. The number of hydrogen-bond donors (Lipinski definition) is 1. The van der Waals surface area contributed by atoms with Crippen molar-refractivity contribution in [3.63, 3.8) is 0 Å². The normalized spacial score (nSPS) is 11.7. The number of nitrogens with one attached hydrogen (secondary N) is 1. The molecule has 156 valence electrons. The van der Waals surface area contributed by atoms with Crippen molar-refractivity contribution in [2.45, 2.75) is 13.0 Å². The van der Waals surface area contributed by atoms with Gasteiger partial charge in [-0.15, -0.1) is 0 Å². The standard InChI is InChI=1S/C24H21FN4O2/c1-16(17-10-11-22(31-2)21(25)13-17)27-24(30)20-15-29(19-8-4-3-5-9-19)28-23(20)18-7-6-12-26-14-18/h3-16H,1-2H3,(H,27,30)/t16-/m1/s1. The SMILES string of the molecule is COc1ccc([C@@H](C)NC(=O)c2cn(-c3ccccc3)nc2-c2cccnc2)cc1F.